The molecule has 2 aromatic rings. The third-order valence-corrected chi connectivity index (χ3v) is 4.11. The molecule has 0 saturated carbocycles. The standard InChI is InChI=1S/C16H22N2/c1-13-6-5-9-18(10-13)12-14-11-17(2)16-8-4-3-7-15(14)16/h3-4,7-8,11,13H,5-6,9-10,12H2,1-2H3/t13-/m1/s1. The molecule has 1 aromatic carbocycles. The summed E-state index contributed by atoms with van der Waals surface area (Å²) in [5, 5.41) is 1.42. The summed E-state index contributed by atoms with van der Waals surface area (Å²) < 4.78 is 2.25. The van der Waals surface area contributed by atoms with Gasteiger partial charge >= 0.3 is 0 Å². The first-order valence-electron chi connectivity index (χ1n) is 6.99. The van der Waals surface area contributed by atoms with Crippen LogP contribution in [-0.4, -0.2) is 22.6 Å². The van der Waals surface area contributed by atoms with Crippen LogP contribution in [-0.2, 0) is 13.6 Å². The van der Waals surface area contributed by atoms with Gasteiger partial charge in [0, 0.05) is 37.2 Å². The molecule has 1 saturated heterocycles. The van der Waals surface area contributed by atoms with Gasteiger partial charge < -0.3 is 4.57 Å². The van der Waals surface area contributed by atoms with E-state index in [1.54, 1.807) is 0 Å². The van der Waals surface area contributed by atoms with Gasteiger partial charge in [-0.1, -0.05) is 25.1 Å². The summed E-state index contributed by atoms with van der Waals surface area (Å²) in [5.74, 6) is 0.855. The first-order valence-corrected chi connectivity index (χ1v) is 6.99. The number of aryl methyl sites for hydroxylation is 1. The zero-order valence-electron chi connectivity index (χ0n) is 11.4. The third-order valence-electron chi connectivity index (χ3n) is 4.11. The lowest BCUT2D eigenvalue weighted by Gasteiger charge is -2.30. The Kier molecular flexibility index (Phi) is 3.13. The minimum atomic E-state index is 0.855. The van der Waals surface area contributed by atoms with Gasteiger partial charge in [-0.2, -0.15) is 0 Å². The SMILES string of the molecule is C[C@@H]1CCCN(Cc2cn(C)c3ccccc23)C1. The Bertz CT molecular complexity index is 541. The lowest BCUT2D eigenvalue weighted by atomic mass is 10.00. The summed E-state index contributed by atoms with van der Waals surface area (Å²) in [7, 11) is 2.14. The number of aromatic nitrogens is 1. The van der Waals surface area contributed by atoms with Gasteiger partial charge in [0.15, 0.2) is 0 Å². The average Bonchev–Trinajstić information content (AvgIpc) is 2.67. The van der Waals surface area contributed by atoms with Gasteiger partial charge in [0.2, 0.25) is 0 Å². The molecular weight excluding hydrogens is 220 g/mol. The van der Waals surface area contributed by atoms with Crippen molar-refractivity contribution in [1.82, 2.24) is 9.47 Å². The molecule has 0 aliphatic carbocycles. The Labute approximate surface area is 109 Å². The summed E-state index contributed by atoms with van der Waals surface area (Å²) in [4.78, 5) is 2.61. The van der Waals surface area contributed by atoms with Crippen molar-refractivity contribution in [2.24, 2.45) is 13.0 Å². The summed E-state index contributed by atoms with van der Waals surface area (Å²) in [5.41, 5.74) is 2.82. The number of likely N-dealkylation sites (tertiary alicyclic amines) is 1. The molecule has 0 radical (unpaired) electrons. The molecule has 96 valence electrons. The van der Waals surface area contributed by atoms with E-state index in [9.17, 15) is 0 Å². The second kappa shape index (κ2) is 4.77. The Morgan fingerprint density at radius 3 is 2.94 bits per heavy atom. The van der Waals surface area contributed by atoms with E-state index in [2.05, 4.69) is 53.9 Å². The maximum absolute atomic E-state index is 2.61. The Hall–Kier alpha value is -1.28. The fourth-order valence-corrected chi connectivity index (χ4v) is 3.22. The highest BCUT2D eigenvalue weighted by atomic mass is 15.1. The first kappa shape index (κ1) is 11.8. The fraction of sp³-hybridized carbons (Fsp3) is 0.500. The van der Waals surface area contributed by atoms with Gasteiger partial charge in [0.05, 0.1) is 0 Å². The van der Waals surface area contributed by atoms with Crippen LogP contribution in [0.2, 0.25) is 0 Å². The van der Waals surface area contributed by atoms with E-state index < -0.39 is 0 Å². The summed E-state index contributed by atoms with van der Waals surface area (Å²) in [6.07, 6.45) is 5.04. The van der Waals surface area contributed by atoms with Crippen molar-refractivity contribution >= 4 is 10.9 Å². The molecule has 1 aliphatic heterocycles. The van der Waals surface area contributed by atoms with E-state index in [1.807, 2.05) is 0 Å². The van der Waals surface area contributed by atoms with Crippen LogP contribution in [0.15, 0.2) is 30.5 Å². The van der Waals surface area contributed by atoms with Gasteiger partial charge in [-0.3, -0.25) is 4.90 Å². The Morgan fingerprint density at radius 1 is 1.28 bits per heavy atom. The molecule has 18 heavy (non-hydrogen) atoms. The molecule has 0 spiro atoms. The number of piperidine rings is 1. The Morgan fingerprint density at radius 2 is 2.11 bits per heavy atom. The lowest BCUT2D eigenvalue weighted by molar-refractivity contribution is 0.177. The number of hydrogen-bond acceptors (Lipinski definition) is 1. The van der Waals surface area contributed by atoms with Gasteiger partial charge in [0.25, 0.3) is 0 Å². The van der Waals surface area contributed by atoms with Crippen LogP contribution in [0.4, 0.5) is 0 Å². The molecule has 3 rings (SSSR count). The van der Waals surface area contributed by atoms with Crippen LogP contribution >= 0.6 is 0 Å². The summed E-state index contributed by atoms with van der Waals surface area (Å²) >= 11 is 0. The molecule has 0 N–H and O–H groups in total. The van der Waals surface area contributed by atoms with Crippen molar-refractivity contribution < 1.29 is 0 Å². The highest BCUT2D eigenvalue weighted by Gasteiger charge is 2.17. The number of para-hydroxylation sites is 1. The number of hydrogen-bond donors (Lipinski definition) is 0. The van der Waals surface area contributed by atoms with Crippen LogP contribution in [0.3, 0.4) is 0 Å². The van der Waals surface area contributed by atoms with Crippen molar-refractivity contribution in [3.05, 3.63) is 36.0 Å². The number of benzene rings is 1. The van der Waals surface area contributed by atoms with E-state index in [0.717, 1.165) is 12.5 Å². The minimum Gasteiger partial charge on any atom is -0.350 e. The molecule has 2 nitrogen and oxygen atoms in total. The van der Waals surface area contributed by atoms with E-state index >= 15 is 0 Å². The van der Waals surface area contributed by atoms with Crippen LogP contribution in [0.5, 0.6) is 0 Å². The van der Waals surface area contributed by atoms with Crippen molar-refractivity contribution in [3.63, 3.8) is 0 Å². The number of rotatable bonds is 2. The second-order valence-corrected chi connectivity index (χ2v) is 5.76. The molecule has 0 amide bonds. The molecule has 1 aliphatic rings. The average molecular weight is 242 g/mol. The van der Waals surface area contributed by atoms with Crippen LogP contribution in [0.25, 0.3) is 10.9 Å². The van der Waals surface area contributed by atoms with Crippen molar-refractivity contribution in [2.45, 2.75) is 26.3 Å². The first-order chi connectivity index (χ1) is 8.74. The maximum atomic E-state index is 2.61. The van der Waals surface area contributed by atoms with Crippen molar-refractivity contribution in [3.8, 4) is 0 Å². The van der Waals surface area contributed by atoms with Crippen LogP contribution in [0.1, 0.15) is 25.3 Å². The monoisotopic (exact) mass is 242 g/mol. The van der Waals surface area contributed by atoms with E-state index in [-0.39, 0.29) is 0 Å². The van der Waals surface area contributed by atoms with Crippen LogP contribution < -0.4 is 0 Å². The highest BCUT2D eigenvalue weighted by molar-refractivity contribution is 5.83. The van der Waals surface area contributed by atoms with Crippen molar-refractivity contribution in [1.29, 1.82) is 0 Å². The van der Waals surface area contributed by atoms with Crippen LogP contribution in [0, 0.1) is 5.92 Å². The molecule has 0 unspecified atom stereocenters. The predicted octanol–water partition coefficient (Wildman–Crippen LogP) is 3.41. The normalized spacial score (nSPS) is 21.6. The molecule has 1 aromatic heterocycles. The van der Waals surface area contributed by atoms with E-state index in [1.165, 1.54) is 42.4 Å². The smallest absolute Gasteiger partial charge is 0.0481 e. The zero-order chi connectivity index (χ0) is 12.5. The van der Waals surface area contributed by atoms with Gasteiger partial charge in [0.1, 0.15) is 0 Å². The lowest BCUT2D eigenvalue weighted by Crippen LogP contribution is -2.33. The number of fused-ring (bicyclic) bond motifs is 1. The van der Waals surface area contributed by atoms with Gasteiger partial charge in [-0.15, -0.1) is 0 Å². The van der Waals surface area contributed by atoms with Gasteiger partial charge in [-0.05, 0) is 36.9 Å². The van der Waals surface area contributed by atoms with Crippen molar-refractivity contribution in [2.75, 3.05) is 13.1 Å². The predicted molar refractivity (Wildman–Crippen MR) is 76.6 cm³/mol. The molecule has 1 atom stereocenters. The van der Waals surface area contributed by atoms with Gasteiger partial charge in [-0.25, -0.2) is 0 Å². The molecular formula is C16H22N2. The minimum absolute atomic E-state index is 0.855. The quantitative estimate of drug-likeness (QED) is 0.783. The Balaban J connectivity index is 1.86. The topological polar surface area (TPSA) is 8.17 Å². The third kappa shape index (κ3) is 2.17. The fourth-order valence-electron chi connectivity index (χ4n) is 3.22. The van der Waals surface area contributed by atoms with E-state index in [0.29, 0.717) is 0 Å². The molecule has 1 fully saturated rings. The zero-order valence-corrected chi connectivity index (χ0v) is 11.4. The van der Waals surface area contributed by atoms with E-state index in [4.69, 9.17) is 0 Å². The number of nitrogens with zero attached hydrogens (tertiary/aromatic N) is 2. The summed E-state index contributed by atoms with van der Waals surface area (Å²) in [6.45, 7) is 5.98. The molecule has 2 heteroatoms. The molecule has 0 bridgehead atoms. The highest BCUT2D eigenvalue weighted by Crippen LogP contribution is 2.24. The molecule has 2 heterocycles. The summed E-state index contributed by atoms with van der Waals surface area (Å²) in [6, 6.07) is 8.72. The maximum Gasteiger partial charge on any atom is 0.0481 e. The largest absolute Gasteiger partial charge is 0.350 e. The second-order valence-electron chi connectivity index (χ2n) is 5.76.